The van der Waals surface area contributed by atoms with Crippen LogP contribution in [-0.4, -0.2) is 25.9 Å². The molecule has 0 radical (unpaired) electrons. The zero-order valence-electron chi connectivity index (χ0n) is 17.3. The number of para-hydroxylation sites is 1. The third-order valence-corrected chi connectivity index (χ3v) is 6.56. The molecule has 1 amide bonds. The van der Waals surface area contributed by atoms with Crippen molar-refractivity contribution in [1.29, 1.82) is 0 Å². The monoisotopic (exact) mass is 420 g/mol. The first-order valence-corrected chi connectivity index (χ1v) is 10.7. The van der Waals surface area contributed by atoms with Crippen LogP contribution >= 0.6 is 0 Å². The van der Waals surface area contributed by atoms with E-state index in [1.54, 1.807) is 19.1 Å². The molecular formula is C23H24N4O4. The van der Waals surface area contributed by atoms with Crippen LogP contribution in [0.5, 0.6) is 5.88 Å². The summed E-state index contributed by atoms with van der Waals surface area (Å²) < 4.78 is 2.62. The molecule has 31 heavy (non-hydrogen) atoms. The summed E-state index contributed by atoms with van der Waals surface area (Å²) in [6.45, 7) is 1.69. The Bertz CT molecular complexity index is 1230. The number of hydrazone groups is 1. The van der Waals surface area contributed by atoms with Crippen LogP contribution in [0.3, 0.4) is 0 Å². The van der Waals surface area contributed by atoms with Gasteiger partial charge in [0.25, 0.3) is 11.5 Å². The number of nitrogens with zero attached hydrogens (tertiary/aromatic N) is 4. The molecule has 1 aromatic carbocycles. The maximum Gasteiger partial charge on any atom is 0.334 e. The predicted molar refractivity (Wildman–Crippen MR) is 117 cm³/mol. The summed E-state index contributed by atoms with van der Waals surface area (Å²) in [4.78, 5) is 39.4. The summed E-state index contributed by atoms with van der Waals surface area (Å²) in [5.74, 6) is -0.736. The Morgan fingerprint density at radius 2 is 1.58 bits per heavy atom. The largest absolute Gasteiger partial charge is 0.494 e. The highest BCUT2D eigenvalue weighted by Gasteiger charge is 2.33. The third kappa shape index (κ3) is 3.05. The minimum atomic E-state index is -0.547. The molecule has 2 saturated carbocycles. The van der Waals surface area contributed by atoms with Gasteiger partial charge < -0.3 is 5.11 Å². The number of aromatic nitrogens is 2. The van der Waals surface area contributed by atoms with E-state index in [9.17, 15) is 19.5 Å². The second kappa shape index (κ2) is 7.37. The van der Waals surface area contributed by atoms with Gasteiger partial charge in [-0.3, -0.25) is 18.7 Å². The molecule has 0 unspecified atom stereocenters. The molecule has 2 fully saturated rings. The molecule has 5 rings (SSSR count). The number of benzene rings is 1. The third-order valence-electron chi connectivity index (χ3n) is 6.56. The van der Waals surface area contributed by atoms with Crippen LogP contribution in [0.15, 0.2) is 50.6 Å². The van der Waals surface area contributed by atoms with Crippen molar-refractivity contribution < 1.29 is 9.90 Å². The van der Waals surface area contributed by atoms with E-state index in [1.165, 1.54) is 20.2 Å². The van der Waals surface area contributed by atoms with Crippen LogP contribution in [0.25, 0.3) is 6.08 Å². The molecule has 1 N–H and O–H groups in total. The second-order valence-electron chi connectivity index (χ2n) is 8.43. The normalized spacial score (nSPS) is 20.7. The van der Waals surface area contributed by atoms with Crippen LogP contribution in [0.1, 0.15) is 63.1 Å². The topological polar surface area (TPSA) is 96.9 Å². The molecule has 2 heterocycles. The van der Waals surface area contributed by atoms with Crippen molar-refractivity contribution in [2.45, 2.75) is 57.5 Å². The minimum Gasteiger partial charge on any atom is -0.494 e. The van der Waals surface area contributed by atoms with E-state index in [2.05, 4.69) is 5.10 Å². The summed E-state index contributed by atoms with van der Waals surface area (Å²) in [5, 5.41) is 16.6. The molecule has 0 bridgehead atoms. The Hall–Kier alpha value is -3.42. The van der Waals surface area contributed by atoms with Gasteiger partial charge in [0.1, 0.15) is 5.56 Å². The van der Waals surface area contributed by atoms with Gasteiger partial charge in [0.2, 0.25) is 5.88 Å². The summed E-state index contributed by atoms with van der Waals surface area (Å²) in [6.07, 6.45) is 6.44. The molecule has 3 aliphatic rings. The van der Waals surface area contributed by atoms with E-state index in [1.807, 2.05) is 18.2 Å². The van der Waals surface area contributed by atoms with Gasteiger partial charge >= 0.3 is 5.69 Å². The standard InChI is InChI=1S/C23H24N4O4/c1-14-18(22(30)27(24-14)17-7-3-2-4-8-17)13-19-20(28)25(15-9-5-10-15)23(31)26(21(19)29)16-11-6-12-16/h2-4,7-8,13,15-16,28H,5-6,9-12H2,1H3/b18-13-. The van der Waals surface area contributed by atoms with Crippen molar-refractivity contribution in [2.75, 3.05) is 5.01 Å². The number of carbonyl (C=O) groups is 1. The Balaban J connectivity index is 1.64. The number of carbonyl (C=O) groups excluding carboxylic acids is 1. The van der Waals surface area contributed by atoms with Gasteiger partial charge in [-0.25, -0.2) is 4.79 Å². The smallest absolute Gasteiger partial charge is 0.334 e. The van der Waals surface area contributed by atoms with Gasteiger partial charge in [-0.15, -0.1) is 0 Å². The Morgan fingerprint density at radius 1 is 0.968 bits per heavy atom. The van der Waals surface area contributed by atoms with Crippen LogP contribution in [-0.2, 0) is 4.79 Å². The molecule has 1 aromatic heterocycles. The predicted octanol–water partition coefficient (Wildman–Crippen LogP) is 2.97. The zero-order chi connectivity index (χ0) is 21.7. The molecule has 0 saturated heterocycles. The van der Waals surface area contributed by atoms with E-state index in [4.69, 9.17) is 0 Å². The lowest BCUT2D eigenvalue weighted by atomic mass is 9.91. The number of hydrogen-bond donors (Lipinski definition) is 1. The van der Waals surface area contributed by atoms with E-state index < -0.39 is 11.2 Å². The lowest BCUT2D eigenvalue weighted by Crippen LogP contribution is -2.46. The van der Waals surface area contributed by atoms with Crippen molar-refractivity contribution in [3.8, 4) is 5.88 Å². The van der Waals surface area contributed by atoms with Crippen molar-refractivity contribution in [1.82, 2.24) is 9.13 Å². The van der Waals surface area contributed by atoms with Crippen LogP contribution in [0.4, 0.5) is 5.69 Å². The first-order valence-electron chi connectivity index (χ1n) is 10.7. The van der Waals surface area contributed by atoms with Crippen LogP contribution < -0.4 is 16.3 Å². The summed E-state index contributed by atoms with van der Waals surface area (Å²) in [6, 6.07) is 8.75. The van der Waals surface area contributed by atoms with E-state index >= 15 is 0 Å². The number of aromatic hydroxyl groups is 1. The fraction of sp³-hybridized carbons (Fsp3) is 0.391. The number of rotatable bonds is 4. The maximum atomic E-state index is 13.3. The van der Waals surface area contributed by atoms with E-state index in [-0.39, 0.29) is 35.0 Å². The number of amides is 1. The molecular weight excluding hydrogens is 396 g/mol. The molecule has 1 aliphatic heterocycles. The number of hydrogen-bond acceptors (Lipinski definition) is 5. The van der Waals surface area contributed by atoms with Crippen molar-refractivity contribution in [2.24, 2.45) is 5.10 Å². The Labute approximate surface area is 178 Å². The van der Waals surface area contributed by atoms with Gasteiger partial charge in [0.15, 0.2) is 0 Å². The SMILES string of the molecule is CC1=NN(c2ccccc2)C(=O)/C1=C\c1c(O)n(C2CCC2)c(=O)n(C2CCC2)c1=O. The van der Waals surface area contributed by atoms with Gasteiger partial charge in [-0.2, -0.15) is 10.1 Å². The van der Waals surface area contributed by atoms with Crippen molar-refractivity contribution >= 4 is 23.4 Å². The van der Waals surface area contributed by atoms with Crippen LogP contribution in [0, 0.1) is 0 Å². The zero-order valence-corrected chi connectivity index (χ0v) is 17.3. The van der Waals surface area contributed by atoms with Crippen LogP contribution in [0.2, 0.25) is 0 Å². The lowest BCUT2D eigenvalue weighted by Gasteiger charge is -2.32. The highest BCUT2D eigenvalue weighted by atomic mass is 16.3. The van der Waals surface area contributed by atoms with E-state index in [0.29, 0.717) is 11.4 Å². The molecule has 0 atom stereocenters. The average Bonchev–Trinajstić information content (AvgIpc) is 2.97. The molecule has 2 aliphatic carbocycles. The van der Waals surface area contributed by atoms with Gasteiger partial charge in [-0.05, 0) is 63.7 Å². The Morgan fingerprint density at radius 3 is 2.16 bits per heavy atom. The Kier molecular flexibility index (Phi) is 4.64. The fourth-order valence-electron chi connectivity index (χ4n) is 4.29. The first-order chi connectivity index (χ1) is 15.0. The van der Waals surface area contributed by atoms with Gasteiger partial charge in [0, 0.05) is 12.1 Å². The molecule has 0 spiro atoms. The molecule has 8 nitrogen and oxygen atoms in total. The summed E-state index contributed by atoms with van der Waals surface area (Å²) in [7, 11) is 0. The molecule has 160 valence electrons. The highest BCUT2D eigenvalue weighted by molar-refractivity contribution is 6.32. The number of anilines is 1. The minimum absolute atomic E-state index is 0.0220. The summed E-state index contributed by atoms with van der Waals surface area (Å²) >= 11 is 0. The van der Waals surface area contributed by atoms with Gasteiger partial charge in [0.05, 0.1) is 17.0 Å². The fourth-order valence-corrected chi connectivity index (χ4v) is 4.29. The lowest BCUT2D eigenvalue weighted by molar-refractivity contribution is -0.114. The van der Waals surface area contributed by atoms with Gasteiger partial charge in [-0.1, -0.05) is 18.2 Å². The maximum absolute atomic E-state index is 13.3. The van der Waals surface area contributed by atoms with E-state index in [0.717, 1.165) is 38.5 Å². The second-order valence-corrected chi connectivity index (χ2v) is 8.43. The van der Waals surface area contributed by atoms with Crippen molar-refractivity contribution in [3.63, 3.8) is 0 Å². The first kappa shape index (κ1) is 19.5. The molecule has 2 aromatic rings. The average molecular weight is 420 g/mol. The van der Waals surface area contributed by atoms with Crippen molar-refractivity contribution in [3.05, 3.63) is 62.3 Å². The summed E-state index contributed by atoms with van der Waals surface area (Å²) in [5.41, 5.74) is 0.276. The highest BCUT2D eigenvalue weighted by Crippen LogP contribution is 2.36. The molecule has 8 heteroatoms. The quantitative estimate of drug-likeness (QED) is 0.769.